The molecule has 3 rings (SSSR count). The van der Waals surface area contributed by atoms with Crippen LogP contribution in [0.5, 0.6) is 0 Å². The third-order valence-electron chi connectivity index (χ3n) is 3.94. The molecule has 2 aromatic rings. The van der Waals surface area contributed by atoms with E-state index in [-0.39, 0.29) is 0 Å². The van der Waals surface area contributed by atoms with Crippen molar-refractivity contribution in [2.75, 3.05) is 0 Å². The number of carbonyl (C=O) groups is 1. The topological polar surface area (TPSA) is 17.1 Å². The zero-order valence-electron chi connectivity index (χ0n) is 14.0. The molecule has 0 atom stereocenters. The van der Waals surface area contributed by atoms with Crippen molar-refractivity contribution >= 4 is 6.79 Å². The third kappa shape index (κ3) is 7.60. The van der Waals surface area contributed by atoms with Gasteiger partial charge >= 0.3 is 0 Å². The maximum atomic E-state index is 8.00. The summed E-state index contributed by atoms with van der Waals surface area (Å²) in [5.41, 5.74) is 3.84. The van der Waals surface area contributed by atoms with Crippen molar-refractivity contribution in [1.29, 1.82) is 0 Å². The van der Waals surface area contributed by atoms with E-state index >= 15 is 0 Å². The lowest BCUT2D eigenvalue weighted by atomic mass is 10.0. The Balaban J connectivity index is 0.000000276. The lowest BCUT2D eigenvalue weighted by Crippen LogP contribution is -1.85. The van der Waals surface area contributed by atoms with Gasteiger partial charge < -0.3 is 4.79 Å². The molecular weight excluding hydrogens is 280 g/mol. The van der Waals surface area contributed by atoms with E-state index in [9.17, 15) is 0 Å². The molecule has 23 heavy (non-hydrogen) atoms. The van der Waals surface area contributed by atoms with Crippen LogP contribution in [0.15, 0.2) is 67.3 Å². The van der Waals surface area contributed by atoms with Crippen molar-refractivity contribution in [2.45, 2.75) is 44.9 Å². The summed E-state index contributed by atoms with van der Waals surface area (Å²) in [6.07, 6.45) is 11.9. The highest BCUT2D eigenvalue weighted by molar-refractivity contribution is 5.63. The molecule has 0 unspecified atom stereocenters. The summed E-state index contributed by atoms with van der Waals surface area (Å²) < 4.78 is 0. The SMILES string of the molecule is C1CCCCC1.C=CCc1ccc(-c2ccccc2)cc1.C=O. The van der Waals surface area contributed by atoms with Gasteiger partial charge in [0.2, 0.25) is 0 Å². The van der Waals surface area contributed by atoms with Gasteiger partial charge in [0.05, 0.1) is 0 Å². The van der Waals surface area contributed by atoms with Crippen molar-refractivity contribution in [3.8, 4) is 11.1 Å². The van der Waals surface area contributed by atoms with Gasteiger partial charge in [-0.25, -0.2) is 0 Å². The van der Waals surface area contributed by atoms with E-state index in [4.69, 9.17) is 4.79 Å². The number of hydrogen-bond acceptors (Lipinski definition) is 1. The third-order valence-corrected chi connectivity index (χ3v) is 3.94. The summed E-state index contributed by atoms with van der Waals surface area (Å²) in [4.78, 5) is 8.00. The van der Waals surface area contributed by atoms with Gasteiger partial charge in [-0.3, -0.25) is 0 Å². The summed E-state index contributed by atoms with van der Waals surface area (Å²) in [7, 11) is 0. The largest absolute Gasteiger partial charge is 0.307 e. The number of benzene rings is 2. The zero-order chi connectivity index (χ0) is 16.8. The normalized spacial score (nSPS) is 12.9. The monoisotopic (exact) mass is 308 g/mol. The van der Waals surface area contributed by atoms with E-state index < -0.39 is 0 Å². The standard InChI is InChI=1S/C15H14.C6H12.CH2O/c1-2-6-13-9-11-15(12-10-13)14-7-4-3-5-8-14;1-2-4-6-5-3-1;1-2/h2-5,7-12H,1,6H2;1-6H2;1H2. The predicted molar refractivity (Wildman–Crippen MR) is 101 cm³/mol. The number of hydrogen-bond donors (Lipinski definition) is 0. The van der Waals surface area contributed by atoms with Crippen LogP contribution in [0, 0.1) is 0 Å². The molecule has 2 aromatic carbocycles. The van der Waals surface area contributed by atoms with Crippen LogP contribution in [-0.2, 0) is 11.2 Å². The highest BCUT2D eigenvalue weighted by Crippen LogP contribution is 2.19. The Kier molecular flexibility index (Phi) is 10.2. The Morgan fingerprint density at radius 2 is 1.13 bits per heavy atom. The minimum atomic E-state index is 0.940. The first-order valence-electron chi connectivity index (χ1n) is 8.44. The fraction of sp³-hybridized carbons (Fsp3) is 0.318. The van der Waals surface area contributed by atoms with Crippen LogP contribution in [-0.4, -0.2) is 6.79 Å². The molecule has 1 heteroatoms. The van der Waals surface area contributed by atoms with Crippen LogP contribution < -0.4 is 0 Å². The first-order chi connectivity index (χ1) is 11.4. The van der Waals surface area contributed by atoms with Crippen LogP contribution in [0.25, 0.3) is 11.1 Å². The molecule has 0 heterocycles. The molecule has 0 aromatic heterocycles. The Hall–Kier alpha value is -2.15. The summed E-state index contributed by atoms with van der Waals surface area (Å²) >= 11 is 0. The van der Waals surface area contributed by atoms with Crippen LogP contribution in [0.3, 0.4) is 0 Å². The van der Waals surface area contributed by atoms with E-state index in [0.29, 0.717) is 0 Å². The number of allylic oxidation sites excluding steroid dienone is 1. The van der Waals surface area contributed by atoms with Crippen LogP contribution >= 0.6 is 0 Å². The summed E-state index contributed by atoms with van der Waals surface area (Å²) in [5.74, 6) is 0. The van der Waals surface area contributed by atoms with Gasteiger partial charge in [-0.1, -0.05) is 99.2 Å². The smallest absolute Gasteiger partial charge is 0.106 e. The van der Waals surface area contributed by atoms with E-state index in [1.54, 1.807) is 0 Å². The molecule has 1 aliphatic carbocycles. The Bertz CT molecular complexity index is 512. The second kappa shape index (κ2) is 12.4. The minimum Gasteiger partial charge on any atom is -0.307 e. The molecular formula is C22H28O. The molecule has 122 valence electrons. The van der Waals surface area contributed by atoms with Crippen LogP contribution in [0.4, 0.5) is 0 Å². The maximum absolute atomic E-state index is 8.00. The van der Waals surface area contributed by atoms with Crippen LogP contribution in [0.1, 0.15) is 44.1 Å². The average molecular weight is 308 g/mol. The lowest BCUT2D eigenvalue weighted by molar-refractivity contribution is -0.0979. The molecule has 0 N–H and O–H groups in total. The molecule has 0 amide bonds. The molecule has 1 fully saturated rings. The Labute approximate surface area is 141 Å². The quantitative estimate of drug-likeness (QED) is 0.613. The van der Waals surface area contributed by atoms with Gasteiger partial charge in [-0.2, -0.15) is 0 Å². The molecule has 0 spiro atoms. The second-order valence-corrected chi connectivity index (χ2v) is 5.68. The zero-order valence-corrected chi connectivity index (χ0v) is 14.0. The summed E-state index contributed by atoms with van der Waals surface area (Å²) in [6, 6.07) is 19.1. The van der Waals surface area contributed by atoms with Crippen molar-refractivity contribution in [1.82, 2.24) is 0 Å². The summed E-state index contributed by atoms with van der Waals surface area (Å²) in [5, 5.41) is 0. The van der Waals surface area contributed by atoms with Crippen LogP contribution in [0.2, 0.25) is 0 Å². The predicted octanol–water partition coefficient (Wildman–Crippen LogP) is 6.24. The molecule has 1 nitrogen and oxygen atoms in total. The minimum absolute atomic E-state index is 0.940. The maximum Gasteiger partial charge on any atom is 0.106 e. The van der Waals surface area contributed by atoms with Gasteiger partial charge in [0, 0.05) is 0 Å². The molecule has 0 aliphatic heterocycles. The van der Waals surface area contributed by atoms with Crippen molar-refractivity contribution in [3.63, 3.8) is 0 Å². The first kappa shape index (κ1) is 18.9. The first-order valence-corrected chi connectivity index (χ1v) is 8.44. The Morgan fingerprint density at radius 3 is 1.57 bits per heavy atom. The molecule has 1 aliphatic rings. The van der Waals surface area contributed by atoms with Crippen molar-refractivity contribution < 1.29 is 4.79 Å². The fourth-order valence-corrected chi connectivity index (χ4v) is 2.69. The van der Waals surface area contributed by atoms with Gasteiger partial charge in [0.1, 0.15) is 6.79 Å². The van der Waals surface area contributed by atoms with Crippen molar-refractivity contribution in [2.24, 2.45) is 0 Å². The highest BCUT2D eigenvalue weighted by Gasteiger charge is 1.96. The van der Waals surface area contributed by atoms with Gasteiger partial charge in [-0.05, 0) is 23.1 Å². The molecule has 0 saturated heterocycles. The van der Waals surface area contributed by atoms with E-state index in [1.165, 1.54) is 55.2 Å². The number of rotatable bonds is 3. The molecule has 1 saturated carbocycles. The van der Waals surface area contributed by atoms with Gasteiger partial charge in [-0.15, -0.1) is 6.58 Å². The fourth-order valence-electron chi connectivity index (χ4n) is 2.69. The van der Waals surface area contributed by atoms with Gasteiger partial charge in [0.25, 0.3) is 0 Å². The molecule has 0 radical (unpaired) electrons. The van der Waals surface area contributed by atoms with E-state index in [0.717, 1.165) is 6.42 Å². The van der Waals surface area contributed by atoms with E-state index in [1.807, 2.05) is 18.9 Å². The molecule has 0 bridgehead atoms. The lowest BCUT2D eigenvalue weighted by Gasteiger charge is -2.05. The summed E-state index contributed by atoms with van der Waals surface area (Å²) in [6.45, 7) is 5.74. The van der Waals surface area contributed by atoms with Gasteiger partial charge in [0.15, 0.2) is 0 Å². The average Bonchev–Trinajstić information content (AvgIpc) is 2.67. The second-order valence-electron chi connectivity index (χ2n) is 5.68. The number of carbonyl (C=O) groups excluding carboxylic acids is 1. The van der Waals surface area contributed by atoms with E-state index in [2.05, 4.69) is 55.1 Å². The highest BCUT2D eigenvalue weighted by atomic mass is 16.1. The Morgan fingerprint density at radius 1 is 0.696 bits per heavy atom. The van der Waals surface area contributed by atoms with Crippen molar-refractivity contribution in [3.05, 3.63) is 72.8 Å².